The van der Waals surface area contributed by atoms with Crippen molar-refractivity contribution in [3.8, 4) is 11.5 Å². The van der Waals surface area contributed by atoms with Crippen LogP contribution >= 0.6 is 11.6 Å². The van der Waals surface area contributed by atoms with Gasteiger partial charge < -0.3 is 9.32 Å². The highest BCUT2D eigenvalue weighted by Crippen LogP contribution is 2.26. The zero-order chi connectivity index (χ0) is 18.5. The number of halogens is 2. The molecule has 1 amide bonds. The zero-order valence-electron chi connectivity index (χ0n) is 14.2. The summed E-state index contributed by atoms with van der Waals surface area (Å²) in [5.74, 6) is -0.159. The number of carbonyl (C=O) groups excluding carboxylic acids is 1. The second-order valence-electron chi connectivity index (χ2n) is 5.72. The van der Waals surface area contributed by atoms with Gasteiger partial charge in [-0.15, -0.1) is 10.2 Å². The lowest BCUT2D eigenvalue weighted by Gasteiger charge is -2.20. The summed E-state index contributed by atoms with van der Waals surface area (Å²) in [6, 6.07) is 12.7. The maximum atomic E-state index is 13.4. The Bertz CT molecular complexity index is 913. The quantitative estimate of drug-likeness (QED) is 0.634. The Morgan fingerprint density at radius 3 is 2.73 bits per heavy atom. The van der Waals surface area contributed by atoms with Gasteiger partial charge in [0.15, 0.2) is 0 Å². The molecule has 1 heterocycles. The van der Waals surface area contributed by atoms with E-state index in [0.717, 1.165) is 6.42 Å². The van der Waals surface area contributed by atoms with Crippen LogP contribution in [0, 0.1) is 5.82 Å². The van der Waals surface area contributed by atoms with E-state index in [1.807, 2.05) is 19.1 Å². The number of nitrogens with zero attached hydrogens (tertiary/aromatic N) is 3. The molecule has 0 radical (unpaired) electrons. The lowest BCUT2D eigenvalue weighted by Crippen LogP contribution is -2.31. The average molecular weight is 374 g/mol. The van der Waals surface area contributed by atoms with Gasteiger partial charge in [-0.1, -0.05) is 36.7 Å². The minimum Gasteiger partial charge on any atom is -0.419 e. The van der Waals surface area contributed by atoms with E-state index in [2.05, 4.69) is 10.2 Å². The van der Waals surface area contributed by atoms with Crippen molar-refractivity contribution >= 4 is 17.5 Å². The molecule has 3 aromatic rings. The van der Waals surface area contributed by atoms with Gasteiger partial charge in [-0.05, 0) is 36.8 Å². The van der Waals surface area contributed by atoms with Gasteiger partial charge in [-0.25, -0.2) is 4.39 Å². The first-order valence-electron chi connectivity index (χ1n) is 8.20. The standard InChI is InChI=1S/C19H17ClFN3O2/c1-2-10-24(19(25)13-6-5-7-14(21)11-13)12-17-22-23-18(26-17)15-8-3-4-9-16(15)20/h3-9,11H,2,10,12H2,1H3. The van der Waals surface area contributed by atoms with Crippen molar-refractivity contribution in [3.05, 3.63) is 70.8 Å². The minimum absolute atomic E-state index is 0.140. The van der Waals surface area contributed by atoms with Crippen LogP contribution in [-0.2, 0) is 6.54 Å². The molecule has 3 rings (SSSR count). The van der Waals surface area contributed by atoms with E-state index in [-0.39, 0.29) is 23.9 Å². The number of hydrogen-bond acceptors (Lipinski definition) is 4. The number of aromatic nitrogens is 2. The number of amides is 1. The van der Waals surface area contributed by atoms with Crippen LogP contribution in [0.2, 0.25) is 5.02 Å². The summed E-state index contributed by atoms with van der Waals surface area (Å²) in [6.07, 6.45) is 0.743. The Kier molecular flexibility index (Phi) is 5.63. The fraction of sp³-hybridized carbons (Fsp3) is 0.211. The molecule has 0 aliphatic rings. The van der Waals surface area contributed by atoms with Crippen LogP contribution in [0.4, 0.5) is 4.39 Å². The van der Waals surface area contributed by atoms with E-state index >= 15 is 0 Å². The van der Waals surface area contributed by atoms with E-state index in [1.165, 1.54) is 18.2 Å². The fourth-order valence-electron chi connectivity index (χ4n) is 2.55. The topological polar surface area (TPSA) is 59.2 Å². The van der Waals surface area contributed by atoms with E-state index in [0.29, 0.717) is 23.0 Å². The lowest BCUT2D eigenvalue weighted by atomic mass is 10.2. The summed E-state index contributed by atoms with van der Waals surface area (Å²) >= 11 is 6.14. The fourth-order valence-corrected chi connectivity index (χ4v) is 2.77. The molecule has 1 aromatic heterocycles. The van der Waals surface area contributed by atoms with Crippen molar-refractivity contribution in [2.45, 2.75) is 19.9 Å². The molecule has 0 fully saturated rings. The van der Waals surface area contributed by atoms with Crippen molar-refractivity contribution in [1.82, 2.24) is 15.1 Å². The zero-order valence-corrected chi connectivity index (χ0v) is 14.9. The maximum absolute atomic E-state index is 13.4. The van der Waals surface area contributed by atoms with Crippen LogP contribution in [-0.4, -0.2) is 27.5 Å². The summed E-state index contributed by atoms with van der Waals surface area (Å²) in [6.45, 7) is 2.58. The van der Waals surface area contributed by atoms with E-state index < -0.39 is 5.82 Å². The van der Waals surface area contributed by atoms with Crippen molar-refractivity contribution < 1.29 is 13.6 Å². The summed E-state index contributed by atoms with van der Waals surface area (Å²) in [5, 5.41) is 8.52. The molecule has 26 heavy (non-hydrogen) atoms. The monoisotopic (exact) mass is 373 g/mol. The largest absolute Gasteiger partial charge is 0.419 e. The van der Waals surface area contributed by atoms with Gasteiger partial charge in [-0.2, -0.15) is 0 Å². The summed E-state index contributed by atoms with van der Waals surface area (Å²) in [7, 11) is 0. The smallest absolute Gasteiger partial charge is 0.254 e. The number of benzene rings is 2. The van der Waals surface area contributed by atoms with Gasteiger partial charge in [0.2, 0.25) is 11.8 Å². The predicted molar refractivity (Wildman–Crippen MR) is 96.2 cm³/mol. The molecular formula is C19H17ClFN3O2. The van der Waals surface area contributed by atoms with E-state index in [4.69, 9.17) is 16.0 Å². The molecule has 0 unspecified atom stereocenters. The van der Waals surface area contributed by atoms with Gasteiger partial charge in [0.1, 0.15) is 5.82 Å². The van der Waals surface area contributed by atoms with Crippen LogP contribution < -0.4 is 0 Å². The van der Waals surface area contributed by atoms with Crippen molar-refractivity contribution in [2.75, 3.05) is 6.54 Å². The van der Waals surface area contributed by atoms with Gasteiger partial charge >= 0.3 is 0 Å². The van der Waals surface area contributed by atoms with Crippen LogP contribution in [0.1, 0.15) is 29.6 Å². The third-order valence-corrected chi connectivity index (χ3v) is 4.08. The molecule has 0 saturated carbocycles. The van der Waals surface area contributed by atoms with Crippen molar-refractivity contribution in [2.24, 2.45) is 0 Å². The van der Waals surface area contributed by atoms with Gasteiger partial charge in [0.05, 0.1) is 17.1 Å². The molecule has 0 aliphatic carbocycles. The molecule has 7 heteroatoms. The second-order valence-corrected chi connectivity index (χ2v) is 6.13. The Labute approximate surface area is 155 Å². The molecule has 134 valence electrons. The van der Waals surface area contributed by atoms with Crippen LogP contribution in [0.25, 0.3) is 11.5 Å². The van der Waals surface area contributed by atoms with Crippen LogP contribution in [0.5, 0.6) is 0 Å². The minimum atomic E-state index is -0.453. The van der Waals surface area contributed by atoms with Crippen molar-refractivity contribution in [3.63, 3.8) is 0 Å². The van der Waals surface area contributed by atoms with Crippen LogP contribution in [0.15, 0.2) is 52.9 Å². The highest BCUT2D eigenvalue weighted by atomic mass is 35.5. The van der Waals surface area contributed by atoms with Crippen molar-refractivity contribution in [1.29, 1.82) is 0 Å². The molecule has 5 nitrogen and oxygen atoms in total. The third-order valence-electron chi connectivity index (χ3n) is 3.75. The second kappa shape index (κ2) is 8.10. The highest BCUT2D eigenvalue weighted by Gasteiger charge is 2.19. The van der Waals surface area contributed by atoms with E-state index in [1.54, 1.807) is 23.1 Å². The molecule has 0 atom stereocenters. The van der Waals surface area contributed by atoms with Gasteiger partial charge in [0, 0.05) is 12.1 Å². The summed E-state index contributed by atoms with van der Waals surface area (Å²) in [4.78, 5) is 14.2. The molecule has 2 aromatic carbocycles. The molecule has 0 spiro atoms. The maximum Gasteiger partial charge on any atom is 0.254 e. The first-order valence-corrected chi connectivity index (χ1v) is 8.58. The summed E-state index contributed by atoms with van der Waals surface area (Å²) < 4.78 is 19.1. The normalized spacial score (nSPS) is 10.7. The first kappa shape index (κ1) is 18.1. The van der Waals surface area contributed by atoms with Gasteiger partial charge in [-0.3, -0.25) is 4.79 Å². The Balaban J connectivity index is 1.81. The highest BCUT2D eigenvalue weighted by molar-refractivity contribution is 6.33. The lowest BCUT2D eigenvalue weighted by molar-refractivity contribution is 0.0728. The molecular weight excluding hydrogens is 357 g/mol. The SMILES string of the molecule is CCCN(Cc1nnc(-c2ccccc2Cl)o1)C(=O)c1cccc(F)c1. The Morgan fingerprint density at radius 2 is 2.00 bits per heavy atom. The number of rotatable bonds is 6. The summed E-state index contributed by atoms with van der Waals surface area (Å²) in [5.41, 5.74) is 0.913. The van der Waals surface area contributed by atoms with E-state index in [9.17, 15) is 9.18 Å². The number of carbonyl (C=O) groups is 1. The van der Waals surface area contributed by atoms with Crippen LogP contribution in [0.3, 0.4) is 0 Å². The first-order chi connectivity index (χ1) is 12.6. The molecule has 0 N–H and O–H groups in total. The molecule has 0 aliphatic heterocycles. The average Bonchev–Trinajstić information content (AvgIpc) is 3.09. The third kappa shape index (κ3) is 4.08. The molecule has 0 bridgehead atoms. The predicted octanol–water partition coefficient (Wildman–Crippen LogP) is 4.58. The molecule has 0 saturated heterocycles. The Hall–Kier alpha value is -2.73. The Morgan fingerprint density at radius 1 is 1.19 bits per heavy atom. The number of hydrogen-bond donors (Lipinski definition) is 0. The van der Waals surface area contributed by atoms with Gasteiger partial charge in [0.25, 0.3) is 5.91 Å².